The Kier molecular flexibility index (Phi) is 5.03. The van der Waals surface area contributed by atoms with E-state index in [0.29, 0.717) is 5.69 Å². The molecule has 4 rings (SSSR count). The lowest BCUT2D eigenvalue weighted by molar-refractivity contribution is 0.0941. The Morgan fingerprint density at radius 2 is 1.80 bits per heavy atom. The van der Waals surface area contributed by atoms with Crippen molar-refractivity contribution in [2.24, 2.45) is 0 Å². The van der Waals surface area contributed by atoms with Crippen molar-refractivity contribution in [1.82, 2.24) is 24.3 Å². The molecule has 0 aliphatic heterocycles. The number of carbonyl (C=O) groups is 2. The second-order valence-corrected chi connectivity index (χ2v) is 7.76. The second-order valence-electron chi connectivity index (χ2n) is 7.76. The van der Waals surface area contributed by atoms with Crippen LogP contribution in [0.4, 0.5) is 4.79 Å². The fourth-order valence-electron chi connectivity index (χ4n) is 3.84. The Balaban J connectivity index is 1.89. The Bertz CT molecular complexity index is 1230. The third-order valence-corrected chi connectivity index (χ3v) is 5.14. The van der Waals surface area contributed by atoms with E-state index in [0.717, 1.165) is 27.6 Å². The van der Waals surface area contributed by atoms with E-state index in [1.807, 2.05) is 48.5 Å². The number of rotatable bonds is 4. The van der Waals surface area contributed by atoms with Crippen LogP contribution < -0.4 is 5.32 Å². The summed E-state index contributed by atoms with van der Waals surface area (Å²) in [5, 5.41) is 3.84. The van der Waals surface area contributed by atoms with E-state index in [1.165, 1.54) is 9.47 Å². The van der Waals surface area contributed by atoms with Gasteiger partial charge in [-0.25, -0.2) is 4.79 Å². The van der Waals surface area contributed by atoms with Crippen LogP contribution in [0.3, 0.4) is 0 Å². The van der Waals surface area contributed by atoms with Gasteiger partial charge in [0.05, 0.1) is 28.8 Å². The van der Waals surface area contributed by atoms with Gasteiger partial charge in [-0.1, -0.05) is 24.3 Å². The highest BCUT2D eigenvalue weighted by Crippen LogP contribution is 2.34. The molecule has 0 spiro atoms. The molecule has 1 N–H and O–H groups in total. The van der Waals surface area contributed by atoms with Gasteiger partial charge in [-0.2, -0.15) is 0 Å². The first-order chi connectivity index (χ1) is 14.4. The molecule has 3 heterocycles. The Labute approximate surface area is 174 Å². The number of hydrogen-bond acceptors (Lipinski definition) is 3. The molecule has 0 fully saturated rings. The van der Waals surface area contributed by atoms with Crippen LogP contribution in [-0.2, 0) is 6.54 Å². The predicted molar refractivity (Wildman–Crippen MR) is 118 cm³/mol. The van der Waals surface area contributed by atoms with E-state index in [-0.39, 0.29) is 24.5 Å². The average Bonchev–Trinajstić information content (AvgIpc) is 3.26. The van der Waals surface area contributed by atoms with Crippen LogP contribution in [0.2, 0.25) is 0 Å². The van der Waals surface area contributed by atoms with Gasteiger partial charge in [0.2, 0.25) is 0 Å². The minimum Gasteiger partial charge on any atom is -0.345 e. The molecule has 0 aliphatic rings. The third kappa shape index (κ3) is 3.22. The molecule has 0 atom stereocenters. The topological polar surface area (TPSA) is 72.2 Å². The third-order valence-electron chi connectivity index (χ3n) is 5.14. The Hall–Kier alpha value is -3.61. The lowest BCUT2D eigenvalue weighted by atomic mass is 10.2. The van der Waals surface area contributed by atoms with Crippen molar-refractivity contribution >= 4 is 33.9 Å². The summed E-state index contributed by atoms with van der Waals surface area (Å²) in [5.74, 6) is -0.313. The van der Waals surface area contributed by atoms with Gasteiger partial charge in [-0.3, -0.25) is 14.3 Å². The molecule has 0 unspecified atom stereocenters. The van der Waals surface area contributed by atoms with Crippen LogP contribution in [0.15, 0.2) is 54.7 Å². The highest BCUT2D eigenvalue weighted by Gasteiger charge is 2.26. The van der Waals surface area contributed by atoms with Crippen LogP contribution in [0.1, 0.15) is 36.1 Å². The fraction of sp³-hybridized carbons (Fsp3) is 0.261. The summed E-state index contributed by atoms with van der Waals surface area (Å²) in [6.45, 7) is 4.48. The SMILES string of the molecule is CC(C)n1c2ccccc2c2c1cc(C(=O)NCc1ccccn1)n2C(=O)N(C)C. The maximum atomic E-state index is 13.1. The van der Waals surface area contributed by atoms with Crippen LogP contribution in [0.5, 0.6) is 0 Å². The van der Waals surface area contributed by atoms with E-state index in [9.17, 15) is 9.59 Å². The van der Waals surface area contributed by atoms with Gasteiger partial charge >= 0.3 is 6.03 Å². The van der Waals surface area contributed by atoms with Crippen molar-refractivity contribution in [3.05, 3.63) is 66.1 Å². The first-order valence-electron chi connectivity index (χ1n) is 9.94. The largest absolute Gasteiger partial charge is 0.345 e. The Morgan fingerprint density at radius 1 is 1.07 bits per heavy atom. The standard InChI is InChI=1S/C23H25N5O2/c1-15(2)27-18-11-6-5-10-17(18)21-19(27)13-20(28(21)23(30)26(3)4)22(29)25-14-16-9-7-8-12-24-16/h5-13,15H,14H2,1-4H3,(H,25,29). The number of amides is 2. The molecule has 0 saturated carbocycles. The molecular weight excluding hydrogens is 378 g/mol. The van der Waals surface area contributed by atoms with E-state index >= 15 is 0 Å². The zero-order valence-corrected chi connectivity index (χ0v) is 17.6. The normalized spacial score (nSPS) is 11.4. The highest BCUT2D eigenvalue weighted by atomic mass is 16.2. The minimum absolute atomic E-state index is 0.169. The molecular formula is C23H25N5O2. The van der Waals surface area contributed by atoms with Gasteiger partial charge in [0, 0.05) is 31.7 Å². The molecule has 0 aliphatic carbocycles. The van der Waals surface area contributed by atoms with E-state index in [2.05, 4.69) is 28.7 Å². The highest BCUT2D eigenvalue weighted by molar-refractivity contribution is 6.14. The number of aromatic nitrogens is 3. The first-order valence-corrected chi connectivity index (χ1v) is 9.94. The summed E-state index contributed by atoms with van der Waals surface area (Å²) in [4.78, 5) is 32.0. The van der Waals surface area contributed by atoms with E-state index in [4.69, 9.17) is 0 Å². The number of nitrogens with one attached hydrogen (secondary N) is 1. The number of hydrogen-bond donors (Lipinski definition) is 1. The van der Waals surface area contributed by atoms with Crippen LogP contribution in [0.25, 0.3) is 21.9 Å². The van der Waals surface area contributed by atoms with Gasteiger partial charge in [-0.15, -0.1) is 0 Å². The first kappa shape index (κ1) is 19.7. The molecule has 1 aromatic carbocycles. The predicted octanol–water partition coefficient (Wildman–Crippen LogP) is 4.03. The number of pyridine rings is 1. The fourth-order valence-corrected chi connectivity index (χ4v) is 3.84. The van der Waals surface area contributed by atoms with Gasteiger partial charge in [0.15, 0.2) is 0 Å². The summed E-state index contributed by atoms with van der Waals surface area (Å²) < 4.78 is 3.68. The molecule has 4 aromatic rings. The number of carbonyl (C=O) groups excluding carboxylic acids is 2. The number of fused-ring (bicyclic) bond motifs is 3. The lowest BCUT2D eigenvalue weighted by Crippen LogP contribution is -2.33. The molecule has 0 bridgehead atoms. The van der Waals surface area contributed by atoms with Crippen molar-refractivity contribution in [3.63, 3.8) is 0 Å². The number of benzene rings is 1. The molecule has 3 aromatic heterocycles. The zero-order chi connectivity index (χ0) is 21.4. The van der Waals surface area contributed by atoms with Crippen molar-refractivity contribution in [1.29, 1.82) is 0 Å². The smallest absolute Gasteiger partial charge is 0.328 e. The zero-order valence-electron chi connectivity index (χ0n) is 17.6. The number of para-hydroxylation sites is 1. The Morgan fingerprint density at radius 3 is 2.47 bits per heavy atom. The van der Waals surface area contributed by atoms with Crippen LogP contribution in [0, 0.1) is 0 Å². The lowest BCUT2D eigenvalue weighted by Gasteiger charge is -2.15. The van der Waals surface area contributed by atoms with Crippen molar-refractivity contribution < 1.29 is 9.59 Å². The quantitative estimate of drug-likeness (QED) is 0.559. The molecule has 0 saturated heterocycles. The summed E-state index contributed by atoms with van der Waals surface area (Å²) in [6.07, 6.45) is 1.69. The van der Waals surface area contributed by atoms with Gasteiger partial charge in [-0.05, 0) is 38.1 Å². The van der Waals surface area contributed by atoms with Gasteiger partial charge < -0.3 is 14.8 Å². The summed E-state index contributed by atoms with van der Waals surface area (Å²) in [6, 6.07) is 15.2. The molecule has 0 radical (unpaired) electrons. The molecule has 7 nitrogen and oxygen atoms in total. The van der Waals surface area contributed by atoms with Crippen molar-refractivity contribution in [2.75, 3.05) is 14.1 Å². The average molecular weight is 403 g/mol. The molecule has 154 valence electrons. The van der Waals surface area contributed by atoms with Crippen molar-refractivity contribution in [2.45, 2.75) is 26.4 Å². The number of nitrogens with zero attached hydrogens (tertiary/aromatic N) is 4. The summed E-state index contributed by atoms with van der Waals surface area (Å²) in [7, 11) is 3.37. The van der Waals surface area contributed by atoms with Gasteiger partial charge in [0.1, 0.15) is 5.69 Å². The molecule has 2 amide bonds. The maximum Gasteiger partial charge on any atom is 0.328 e. The van der Waals surface area contributed by atoms with Crippen molar-refractivity contribution in [3.8, 4) is 0 Å². The van der Waals surface area contributed by atoms with Gasteiger partial charge in [0.25, 0.3) is 5.91 Å². The maximum absolute atomic E-state index is 13.1. The second kappa shape index (κ2) is 7.67. The van der Waals surface area contributed by atoms with E-state index in [1.54, 1.807) is 20.3 Å². The van der Waals surface area contributed by atoms with Crippen LogP contribution in [-0.4, -0.2) is 45.1 Å². The molecule has 30 heavy (non-hydrogen) atoms. The summed E-state index contributed by atoms with van der Waals surface area (Å²) in [5.41, 5.74) is 3.72. The monoisotopic (exact) mass is 403 g/mol. The van der Waals surface area contributed by atoms with E-state index < -0.39 is 0 Å². The van der Waals surface area contributed by atoms with Crippen LogP contribution >= 0.6 is 0 Å². The molecule has 7 heteroatoms. The summed E-state index contributed by atoms with van der Waals surface area (Å²) >= 11 is 0. The minimum atomic E-state index is -0.313.